The molecule has 244 valence electrons. The molecule has 3 aliphatic carbocycles. The van der Waals surface area contributed by atoms with Gasteiger partial charge in [0.05, 0.1) is 17.4 Å². The van der Waals surface area contributed by atoms with Gasteiger partial charge in [0.15, 0.2) is 5.16 Å². The summed E-state index contributed by atoms with van der Waals surface area (Å²) in [5, 5.41) is 13.4. The van der Waals surface area contributed by atoms with E-state index in [0.717, 1.165) is 68.7 Å². The number of hydrogen-bond donors (Lipinski definition) is 1. The van der Waals surface area contributed by atoms with Crippen LogP contribution in [0.1, 0.15) is 66.7 Å². The van der Waals surface area contributed by atoms with Crippen LogP contribution in [0.4, 0.5) is 5.82 Å². The number of carbonyl (C=O) groups excluding carboxylic acids is 2. The lowest BCUT2D eigenvalue weighted by Gasteiger charge is -2.61. The molecule has 9 heteroatoms. The first kappa shape index (κ1) is 32.5. The van der Waals surface area contributed by atoms with Gasteiger partial charge in [-0.25, -0.2) is 9.97 Å². The molecule has 6 rings (SSSR count). The summed E-state index contributed by atoms with van der Waals surface area (Å²) in [4.78, 5) is 42.0. The van der Waals surface area contributed by atoms with Crippen molar-refractivity contribution in [3.8, 4) is 0 Å². The Hall–Kier alpha value is -2.49. The number of ketones is 1. The number of aliphatic hydroxyl groups is 1. The predicted molar refractivity (Wildman–Crippen MR) is 179 cm³/mol. The van der Waals surface area contributed by atoms with Gasteiger partial charge >= 0.3 is 5.97 Å². The molecule has 4 aliphatic rings. The van der Waals surface area contributed by atoms with Crippen LogP contribution in [-0.2, 0) is 14.3 Å². The molecular formula is C36H50N4O4S. The van der Waals surface area contributed by atoms with Gasteiger partial charge in [-0.05, 0) is 61.6 Å². The molecule has 2 bridgehead atoms. The van der Waals surface area contributed by atoms with Crippen molar-refractivity contribution in [2.24, 2.45) is 34.0 Å². The number of benzene rings is 1. The van der Waals surface area contributed by atoms with Crippen molar-refractivity contribution in [2.75, 3.05) is 43.4 Å². The molecule has 8 nitrogen and oxygen atoms in total. The minimum Gasteiger partial charge on any atom is -0.461 e. The lowest BCUT2D eigenvalue weighted by Crippen LogP contribution is -2.63. The van der Waals surface area contributed by atoms with E-state index in [0.29, 0.717) is 18.0 Å². The van der Waals surface area contributed by atoms with Crippen LogP contribution in [0.2, 0.25) is 0 Å². The summed E-state index contributed by atoms with van der Waals surface area (Å²) >= 11 is 1.30. The van der Waals surface area contributed by atoms with Gasteiger partial charge in [-0.3, -0.25) is 9.59 Å². The highest BCUT2D eigenvalue weighted by Crippen LogP contribution is 2.68. The molecule has 3 saturated carbocycles. The van der Waals surface area contributed by atoms with Gasteiger partial charge in [0, 0.05) is 54.7 Å². The highest BCUT2D eigenvalue weighted by Gasteiger charge is 2.68. The van der Waals surface area contributed by atoms with Crippen molar-refractivity contribution in [3.05, 3.63) is 36.9 Å². The van der Waals surface area contributed by atoms with Crippen molar-refractivity contribution in [1.29, 1.82) is 0 Å². The highest BCUT2D eigenvalue weighted by atomic mass is 32.2. The first-order valence-electron chi connectivity index (χ1n) is 16.9. The standard InChI is InChI=1S/C36H50N4O4S/c1-7-34(5)21-28(35(6)23(3)13-15-36(24(4)31(34)43)16-14-27(41)30(35)36)44-29(42)22-45-33-37-26-12-10-9-11-25(26)32(38-33)40-19-17-39(8-2)18-20-40/h7,9-12,23-24,28,30-31,43H,1,8,13-22H2,2-6H3/t23-,24+,28-,30+,31+,34-,35+,36+/m1/s1. The van der Waals surface area contributed by atoms with Gasteiger partial charge in [-0.2, -0.15) is 0 Å². The fraction of sp³-hybridized carbons (Fsp3) is 0.667. The van der Waals surface area contributed by atoms with Gasteiger partial charge in [-0.1, -0.05) is 64.6 Å². The Labute approximate surface area is 272 Å². The first-order valence-corrected chi connectivity index (χ1v) is 17.9. The molecule has 1 aromatic carbocycles. The molecular weight excluding hydrogens is 584 g/mol. The number of esters is 1. The fourth-order valence-electron chi connectivity index (χ4n) is 9.44. The van der Waals surface area contributed by atoms with Gasteiger partial charge in [0.25, 0.3) is 0 Å². The third-order valence-electron chi connectivity index (χ3n) is 12.6. The van der Waals surface area contributed by atoms with Crippen LogP contribution in [0.15, 0.2) is 42.1 Å². The summed E-state index contributed by atoms with van der Waals surface area (Å²) in [5.41, 5.74) is -0.615. The minimum atomic E-state index is -0.680. The summed E-state index contributed by atoms with van der Waals surface area (Å²) < 4.78 is 6.46. The SMILES string of the molecule is C=C[C@]1(C)C[C@@H](OC(=O)CSc2nc(N3CCN(CC)CC3)c3ccccc3n2)[C@]2(C)[C@H](C)CC[C@]3(CCC(=O)[C@H]32)[C@@H](C)[C@@H]1O. The average Bonchev–Trinajstić information content (AvgIpc) is 3.41. The van der Waals surface area contributed by atoms with Crippen molar-refractivity contribution >= 4 is 40.2 Å². The topological polar surface area (TPSA) is 95.9 Å². The lowest BCUT2D eigenvalue weighted by molar-refractivity contribution is -0.205. The summed E-state index contributed by atoms with van der Waals surface area (Å²) in [6.07, 6.45) is 4.24. The summed E-state index contributed by atoms with van der Waals surface area (Å²) in [5.74, 6) is 0.798. The molecule has 8 atom stereocenters. The number of carbonyl (C=O) groups is 2. The van der Waals surface area contributed by atoms with Crippen LogP contribution in [0.3, 0.4) is 0 Å². The maximum atomic E-state index is 13.7. The second-order valence-corrected chi connectivity index (χ2v) is 15.6. The van der Waals surface area contributed by atoms with E-state index >= 15 is 0 Å². The number of rotatable bonds is 7. The molecule has 1 N–H and O–H groups in total. The van der Waals surface area contributed by atoms with E-state index in [9.17, 15) is 14.7 Å². The third-order valence-corrected chi connectivity index (χ3v) is 13.4. The second kappa shape index (κ2) is 12.3. The molecule has 45 heavy (non-hydrogen) atoms. The molecule has 2 heterocycles. The third kappa shape index (κ3) is 5.40. The summed E-state index contributed by atoms with van der Waals surface area (Å²) in [6.45, 7) is 19.7. The van der Waals surface area contributed by atoms with Crippen molar-refractivity contribution in [1.82, 2.24) is 14.9 Å². The van der Waals surface area contributed by atoms with E-state index in [1.807, 2.05) is 31.2 Å². The number of fused-ring (bicyclic) bond motifs is 1. The Kier molecular flexibility index (Phi) is 8.85. The molecule has 0 spiro atoms. The fourth-order valence-corrected chi connectivity index (χ4v) is 10.1. The monoisotopic (exact) mass is 634 g/mol. The number of likely N-dealkylation sites (N-methyl/N-ethyl adjacent to an activating group) is 1. The zero-order valence-electron chi connectivity index (χ0n) is 27.6. The van der Waals surface area contributed by atoms with Crippen molar-refractivity contribution in [3.63, 3.8) is 0 Å². The molecule has 4 fully saturated rings. The van der Waals surface area contributed by atoms with Crippen molar-refractivity contribution < 1.29 is 19.4 Å². The minimum absolute atomic E-state index is 0.0554. The summed E-state index contributed by atoms with van der Waals surface area (Å²) in [6, 6.07) is 8.06. The van der Waals surface area contributed by atoms with Crippen LogP contribution in [0.25, 0.3) is 10.9 Å². The number of Topliss-reactive ketones (excluding diaryl/α,β-unsaturated/α-hetero) is 1. The predicted octanol–water partition coefficient (Wildman–Crippen LogP) is 5.77. The molecule has 0 radical (unpaired) electrons. The number of thioether (sulfide) groups is 1. The normalized spacial score (nSPS) is 37.2. The molecule has 0 amide bonds. The van der Waals surface area contributed by atoms with Crippen molar-refractivity contribution in [2.45, 2.75) is 84.1 Å². The van der Waals surface area contributed by atoms with E-state index in [2.05, 4.69) is 50.1 Å². The zero-order chi connectivity index (χ0) is 32.1. The van der Waals surface area contributed by atoms with Crippen LogP contribution >= 0.6 is 11.8 Å². The maximum absolute atomic E-state index is 13.7. The number of aromatic nitrogens is 2. The Morgan fingerprint density at radius 2 is 1.89 bits per heavy atom. The van der Waals surface area contributed by atoms with Crippen LogP contribution in [0.5, 0.6) is 0 Å². The van der Waals surface area contributed by atoms with E-state index in [1.165, 1.54) is 11.8 Å². The van der Waals surface area contributed by atoms with Gasteiger partial charge in [0.1, 0.15) is 17.7 Å². The van der Waals surface area contributed by atoms with E-state index < -0.39 is 23.0 Å². The number of hydrogen-bond acceptors (Lipinski definition) is 9. The Bertz CT molecular complexity index is 1460. The van der Waals surface area contributed by atoms with Crippen LogP contribution < -0.4 is 4.90 Å². The zero-order valence-corrected chi connectivity index (χ0v) is 28.4. The largest absolute Gasteiger partial charge is 0.461 e. The number of piperazine rings is 1. The lowest BCUT2D eigenvalue weighted by atomic mass is 9.44. The number of ether oxygens (including phenoxy) is 1. The Morgan fingerprint density at radius 1 is 1.16 bits per heavy atom. The van der Waals surface area contributed by atoms with Crippen LogP contribution in [-0.4, -0.2) is 82.4 Å². The molecule has 1 aromatic heterocycles. The number of anilines is 1. The second-order valence-electron chi connectivity index (χ2n) is 14.6. The summed E-state index contributed by atoms with van der Waals surface area (Å²) in [7, 11) is 0. The van der Waals surface area contributed by atoms with E-state index in [-0.39, 0.29) is 40.7 Å². The van der Waals surface area contributed by atoms with Gasteiger partial charge < -0.3 is 19.6 Å². The number of aliphatic hydroxyl groups excluding tert-OH is 1. The highest BCUT2D eigenvalue weighted by molar-refractivity contribution is 7.99. The molecule has 1 saturated heterocycles. The number of para-hydroxylation sites is 1. The van der Waals surface area contributed by atoms with Gasteiger partial charge in [-0.15, -0.1) is 6.58 Å². The average molecular weight is 635 g/mol. The first-order chi connectivity index (χ1) is 21.5. The molecule has 0 unspecified atom stereocenters. The van der Waals surface area contributed by atoms with Gasteiger partial charge in [0.2, 0.25) is 0 Å². The number of nitrogens with zero attached hydrogens (tertiary/aromatic N) is 4. The Morgan fingerprint density at radius 3 is 2.60 bits per heavy atom. The van der Waals surface area contributed by atoms with E-state index in [1.54, 1.807) is 0 Å². The smallest absolute Gasteiger partial charge is 0.316 e. The molecule has 2 aromatic rings. The maximum Gasteiger partial charge on any atom is 0.316 e. The quantitative estimate of drug-likeness (QED) is 0.176. The van der Waals surface area contributed by atoms with Crippen LogP contribution in [0, 0.1) is 34.0 Å². The van der Waals surface area contributed by atoms with E-state index in [4.69, 9.17) is 14.7 Å². The molecule has 1 aliphatic heterocycles. The Balaban J connectivity index is 1.26.